The van der Waals surface area contributed by atoms with Crippen LogP contribution in [0.3, 0.4) is 0 Å². The molecule has 0 radical (unpaired) electrons. The van der Waals surface area contributed by atoms with E-state index in [0.29, 0.717) is 0 Å². The molecular weight excluding hydrogens is 587 g/mol. The van der Waals surface area contributed by atoms with Gasteiger partial charge in [0.15, 0.2) is 22.3 Å². The van der Waals surface area contributed by atoms with Crippen LogP contribution in [-0.2, 0) is 5.66 Å². The van der Waals surface area contributed by atoms with E-state index < -0.39 is 5.66 Å². The summed E-state index contributed by atoms with van der Waals surface area (Å²) in [6, 6.07) is 41.4. The largest absolute Gasteiger partial charge is 0.456 e. The van der Waals surface area contributed by atoms with Gasteiger partial charge in [-0.2, -0.15) is 9.13 Å². The molecule has 5 aromatic carbocycles. The number of thiophene rings is 1. The molecule has 1 unspecified atom stereocenters. The van der Waals surface area contributed by atoms with E-state index in [1.54, 1.807) is 0 Å². The topological polar surface area (TPSA) is 39.7 Å². The minimum atomic E-state index is -0.787. The number of hydrogen-bond donors (Lipinski definition) is 0. The van der Waals surface area contributed by atoms with Crippen molar-refractivity contribution in [3.05, 3.63) is 138 Å². The molecule has 1 spiro atoms. The number of hydrogen-bond acceptors (Lipinski definition) is 3. The summed E-state index contributed by atoms with van der Waals surface area (Å²) in [5, 5.41) is 10.6. The lowest BCUT2D eigenvalue weighted by molar-refractivity contribution is -1.02. The van der Waals surface area contributed by atoms with Crippen LogP contribution in [0.5, 0.6) is 11.5 Å². The second kappa shape index (κ2) is 7.70. The number of nitrogens with zero attached hydrogens (tertiary/aromatic N) is 5. The van der Waals surface area contributed by atoms with Crippen molar-refractivity contribution in [3.63, 3.8) is 0 Å². The second-order valence-electron chi connectivity index (χ2n) is 12.5. The summed E-state index contributed by atoms with van der Waals surface area (Å²) in [5.41, 5.74) is 8.07. The van der Waals surface area contributed by atoms with Gasteiger partial charge in [0.05, 0.1) is 11.0 Å². The predicted molar refractivity (Wildman–Crippen MR) is 179 cm³/mol. The molecule has 214 valence electrons. The first-order valence-corrected chi connectivity index (χ1v) is 16.4. The molecule has 3 aliphatic rings. The number of benzene rings is 5. The number of aromatic nitrogens is 5. The van der Waals surface area contributed by atoms with Crippen molar-refractivity contribution in [3.8, 4) is 34.3 Å². The molecule has 46 heavy (non-hydrogen) atoms. The van der Waals surface area contributed by atoms with Gasteiger partial charge in [-0.1, -0.05) is 59.3 Å². The highest BCUT2D eigenvalue weighted by Crippen LogP contribution is 2.55. The molecule has 0 saturated carbocycles. The average molecular weight is 610 g/mol. The van der Waals surface area contributed by atoms with Gasteiger partial charge in [0.2, 0.25) is 0 Å². The third-order valence-electron chi connectivity index (χ3n) is 10.4. The first kappa shape index (κ1) is 23.6. The van der Waals surface area contributed by atoms with Gasteiger partial charge in [0.25, 0.3) is 5.82 Å². The Hall–Kier alpha value is -5.79. The Morgan fingerprint density at radius 3 is 2.48 bits per heavy atom. The minimum absolute atomic E-state index is 0.787. The number of pyridine rings is 1. The van der Waals surface area contributed by atoms with Crippen LogP contribution in [0.4, 0.5) is 0 Å². The van der Waals surface area contributed by atoms with Gasteiger partial charge in [-0.15, -0.1) is 11.3 Å². The molecule has 0 bridgehead atoms. The fraction of sp³-hybridized carbons (Fsp3) is 0.0513. The van der Waals surface area contributed by atoms with Crippen LogP contribution in [-0.4, -0.2) is 14.3 Å². The maximum atomic E-state index is 6.79. The Kier molecular flexibility index (Phi) is 3.95. The lowest BCUT2D eigenvalue weighted by Gasteiger charge is -2.31. The Bertz CT molecular complexity index is 2870. The van der Waals surface area contributed by atoms with E-state index in [4.69, 9.17) is 9.84 Å². The zero-order chi connectivity index (χ0) is 29.9. The number of para-hydroxylation sites is 1. The van der Waals surface area contributed by atoms with Crippen molar-refractivity contribution in [2.45, 2.75) is 12.6 Å². The van der Waals surface area contributed by atoms with Gasteiger partial charge < -0.3 is 4.74 Å². The van der Waals surface area contributed by atoms with Crippen molar-refractivity contribution >= 4 is 53.3 Å². The molecule has 0 fully saturated rings. The Morgan fingerprint density at radius 2 is 1.52 bits per heavy atom. The lowest BCUT2D eigenvalue weighted by atomic mass is 9.84. The van der Waals surface area contributed by atoms with Gasteiger partial charge in [-0.05, 0) is 61.5 Å². The summed E-state index contributed by atoms with van der Waals surface area (Å²) in [6.07, 6.45) is 2.21. The fourth-order valence-corrected chi connectivity index (χ4v) is 9.74. The molecule has 12 rings (SSSR count). The van der Waals surface area contributed by atoms with Gasteiger partial charge in [0, 0.05) is 47.7 Å². The summed E-state index contributed by atoms with van der Waals surface area (Å²) in [6.45, 7) is 2.19. The van der Waals surface area contributed by atoms with E-state index in [-0.39, 0.29) is 0 Å². The van der Waals surface area contributed by atoms with Crippen molar-refractivity contribution in [2.75, 3.05) is 0 Å². The molecule has 1 atom stereocenters. The van der Waals surface area contributed by atoms with Gasteiger partial charge in [0.1, 0.15) is 28.4 Å². The molecule has 7 heteroatoms. The Labute approximate surface area is 266 Å². The molecule has 7 heterocycles. The third kappa shape index (κ3) is 2.44. The predicted octanol–water partition coefficient (Wildman–Crippen LogP) is 7.92. The van der Waals surface area contributed by atoms with E-state index in [9.17, 15) is 0 Å². The average Bonchev–Trinajstić information content (AvgIpc) is 3.82. The molecule has 9 aromatic rings. The minimum Gasteiger partial charge on any atom is -0.456 e. The number of fused-ring (bicyclic) bond motifs is 10. The summed E-state index contributed by atoms with van der Waals surface area (Å²) >= 11 is 1.84. The van der Waals surface area contributed by atoms with E-state index in [2.05, 4.69) is 147 Å². The first-order chi connectivity index (χ1) is 22.7. The van der Waals surface area contributed by atoms with Crippen molar-refractivity contribution in [1.82, 2.24) is 14.3 Å². The van der Waals surface area contributed by atoms with E-state index >= 15 is 0 Å². The zero-order valence-corrected chi connectivity index (χ0v) is 25.4. The number of rotatable bonds is 1. The van der Waals surface area contributed by atoms with Crippen LogP contribution in [0, 0.1) is 6.92 Å². The molecule has 4 aromatic heterocycles. The summed E-state index contributed by atoms with van der Waals surface area (Å²) in [4.78, 5) is 2.23. The van der Waals surface area contributed by atoms with Gasteiger partial charge in [-0.25, -0.2) is 0 Å². The Balaban J connectivity index is 1.24. The Morgan fingerprint density at radius 1 is 0.717 bits per heavy atom. The molecule has 0 saturated heterocycles. The van der Waals surface area contributed by atoms with Crippen molar-refractivity contribution in [2.24, 2.45) is 0 Å². The summed E-state index contributed by atoms with van der Waals surface area (Å²) in [5.74, 6) is 2.82. The summed E-state index contributed by atoms with van der Waals surface area (Å²) < 4.78 is 16.5. The van der Waals surface area contributed by atoms with Crippen LogP contribution in [0.2, 0.25) is 0 Å². The normalized spacial score (nSPS) is 16.6. The maximum absolute atomic E-state index is 6.79. The zero-order valence-electron chi connectivity index (χ0n) is 24.6. The molecule has 0 N–H and O–H groups in total. The highest BCUT2D eigenvalue weighted by atomic mass is 32.1. The van der Waals surface area contributed by atoms with Crippen molar-refractivity contribution in [1.29, 1.82) is 0 Å². The van der Waals surface area contributed by atoms with Crippen LogP contribution in [0.25, 0.3) is 64.7 Å². The standard InChI is InChI=1S/C39H23N5OS/c1-22-37(23-16-17-26-25-10-3-5-14-32(25)46-33(26)21-23)40-44-39-35-29(43(22)44)12-8-13-30(35)45-31-19-18-27-24-9-2-4-11-28(24)42(38(27)36(31)39)34-15-6-7-20-41(34)39/h2-21H,1H3/q+2. The van der Waals surface area contributed by atoms with Gasteiger partial charge >= 0.3 is 5.66 Å². The third-order valence-corrected chi connectivity index (χ3v) is 11.5. The monoisotopic (exact) mass is 609 g/mol. The fourth-order valence-electron chi connectivity index (χ4n) is 8.59. The van der Waals surface area contributed by atoms with Gasteiger partial charge in [-0.3, -0.25) is 0 Å². The summed E-state index contributed by atoms with van der Waals surface area (Å²) in [7, 11) is 0. The smallest absolute Gasteiger partial charge is 0.423 e. The highest BCUT2D eigenvalue weighted by Gasteiger charge is 2.70. The molecular formula is C39H23N5OS+2. The quantitative estimate of drug-likeness (QED) is 0.178. The first-order valence-electron chi connectivity index (χ1n) is 15.6. The van der Waals surface area contributed by atoms with E-state index in [1.165, 1.54) is 42.0 Å². The van der Waals surface area contributed by atoms with Crippen LogP contribution in [0.1, 0.15) is 16.8 Å². The van der Waals surface area contributed by atoms with E-state index in [1.807, 2.05) is 11.3 Å². The van der Waals surface area contributed by atoms with Crippen molar-refractivity contribution < 1.29 is 14.1 Å². The van der Waals surface area contributed by atoms with E-state index in [0.717, 1.165) is 51.1 Å². The molecule has 6 nitrogen and oxygen atoms in total. The lowest BCUT2D eigenvalue weighted by Crippen LogP contribution is -2.77. The second-order valence-corrected chi connectivity index (χ2v) is 13.6. The van der Waals surface area contributed by atoms with Crippen LogP contribution >= 0.6 is 11.3 Å². The maximum Gasteiger partial charge on any atom is 0.423 e. The number of ether oxygens (including phenoxy) is 1. The van der Waals surface area contributed by atoms with Crippen LogP contribution < -0.4 is 14.1 Å². The molecule has 3 aliphatic heterocycles. The molecule has 0 amide bonds. The highest BCUT2D eigenvalue weighted by molar-refractivity contribution is 7.25. The SMILES string of the molecule is Cc1c(-c2ccc3c(c2)sc2ccccc23)n[n+]2n1-c1cccc3c1C21c2c(ccc4c5ccccc5n(c24)-c2cccc[n+]21)O3. The molecule has 0 aliphatic carbocycles. The van der Waals surface area contributed by atoms with Crippen LogP contribution in [0.15, 0.2) is 121 Å².